The highest BCUT2D eigenvalue weighted by atomic mass is 32.2. The molecule has 2 aromatic rings. The van der Waals surface area contributed by atoms with E-state index in [1.807, 2.05) is 0 Å². The number of aromatic nitrogens is 3. The first kappa shape index (κ1) is 15.7. The van der Waals surface area contributed by atoms with Gasteiger partial charge in [0.15, 0.2) is 0 Å². The Morgan fingerprint density at radius 3 is 2.57 bits per heavy atom. The Bertz CT molecular complexity index is 728. The zero-order valence-electron chi connectivity index (χ0n) is 12.4. The maximum Gasteiger partial charge on any atom is 0.244 e. The predicted octanol–water partition coefficient (Wildman–Crippen LogP) is 0.821. The number of aryl methyl sites for hydroxylation is 3. The molecule has 1 unspecified atom stereocenters. The molecule has 116 valence electrons. The Hall–Kier alpha value is -1.71. The van der Waals surface area contributed by atoms with Gasteiger partial charge in [-0.05, 0) is 27.7 Å². The number of hydrogen-bond donors (Lipinski definition) is 3. The Labute approximate surface area is 123 Å². The summed E-state index contributed by atoms with van der Waals surface area (Å²) in [6.45, 7) is 6.93. The molecule has 0 aliphatic rings. The van der Waals surface area contributed by atoms with Crippen molar-refractivity contribution in [1.82, 2.24) is 20.1 Å². The fourth-order valence-electron chi connectivity index (χ4n) is 2.42. The molecule has 2 rings (SSSR count). The van der Waals surface area contributed by atoms with Gasteiger partial charge in [-0.25, -0.2) is 13.1 Å². The van der Waals surface area contributed by atoms with E-state index in [0.717, 1.165) is 5.56 Å². The molecule has 0 aromatic carbocycles. The van der Waals surface area contributed by atoms with Crippen LogP contribution in [0.4, 0.5) is 0 Å². The fourth-order valence-corrected chi connectivity index (χ4v) is 4.01. The highest BCUT2D eigenvalue weighted by Crippen LogP contribution is 2.24. The summed E-state index contributed by atoms with van der Waals surface area (Å²) < 4.78 is 32.8. The highest BCUT2D eigenvalue weighted by molar-refractivity contribution is 7.89. The van der Waals surface area contributed by atoms with E-state index in [1.165, 1.54) is 0 Å². The number of H-pyrrole nitrogens is 1. The lowest BCUT2D eigenvalue weighted by molar-refractivity contribution is 0.391. The molecule has 0 amide bonds. The van der Waals surface area contributed by atoms with Crippen LogP contribution in [0.3, 0.4) is 0 Å². The fraction of sp³-hybridized carbons (Fsp3) is 0.500. The topological polar surface area (TPSA) is 127 Å². The highest BCUT2D eigenvalue weighted by Gasteiger charge is 2.27. The van der Waals surface area contributed by atoms with Gasteiger partial charge in [0.2, 0.25) is 10.0 Å². The van der Waals surface area contributed by atoms with Crippen molar-refractivity contribution >= 4 is 10.0 Å². The van der Waals surface area contributed by atoms with Crippen molar-refractivity contribution in [3.8, 4) is 0 Å². The summed E-state index contributed by atoms with van der Waals surface area (Å²) in [4.78, 5) is 0.101. The molecule has 0 fully saturated rings. The third-order valence-corrected chi connectivity index (χ3v) is 5.02. The van der Waals surface area contributed by atoms with E-state index in [-0.39, 0.29) is 11.4 Å². The van der Waals surface area contributed by atoms with Crippen molar-refractivity contribution in [2.75, 3.05) is 0 Å². The average molecular weight is 313 g/mol. The normalized spacial score (nSPS) is 13.6. The second-order valence-corrected chi connectivity index (χ2v) is 6.56. The van der Waals surface area contributed by atoms with Gasteiger partial charge in [0.25, 0.3) is 0 Å². The van der Waals surface area contributed by atoms with E-state index < -0.39 is 16.1 Å². The molecule has 0 aliphatic carbocycles. The smallest absolute Gasteiger partial charge is 0.244 e. The number of aromatic amines is 1. The lowest BCUT2D eigenvalue weighted by Crippen LogP contribution is -2.28. The van der Waals surface area contributed by atoms with Crippen molar-refractivity contribution in [3.05, 3.63) is 28.4 Å². The zero-order chi connectivity index (χ0) is 15.8. The maximum atomic E-state index is 12.5. The molecule has 8 nitrogen and oxygen atoms in total. The van der Waals surface area contributed by atoms with Crippen molar-refractivity contribution in [3.63, 3.8) is 0 Å². The van der Waals surface area contributed by atoms with Gasteiger partial charge in [-0.1, -0.05) is 5.16 Å². The monoisotopic (exact) mass is 313 g/mol. The molecular formula is C12H19N5O3S. The van der Waals surface area contributed by atoms with Gasteiger partial charge in [-0.2, -0.15) is 5.10 Å². The molecule has 21 heavy (non-hydrogen) atoms. The zero-order valence-corrected chi connectivity index (χ0v) is 13.2. The van der Waals surface area contributed by atoms with E-state index >= 15 is 0 Å². The first-order valence-electron chi connectivity index (χ1n) is 6.47. The van der Waals surface area contributed by atoms with Crippen LogP contribution in [0.25, 0.3) is 0 Å². The minimum atomic E-state index is -3.74. The lowest BCUT2D eigenvalue weighted by Gasteiger charge is -2.14. The van der Waals surface area contributed by atoms with Gasteiger partial charge in [0.05, 0.1) is 17.1 Å². The van der Waals surface area contributed by atoms with Crippen LogP contribution in [0.5, 0.6) is 0 Å². The molecule has 0 saturated heterocycles. The molecule has 0 aliphatic heterocycles. The van der Waals surface area contributed by atoms with Gasteiger partial charge in [-0.3, -0.25) is 5.10 Å². The van der Waals surface area contributed by atoms with Gasteiger partial charge in [0, 0.05) is 18.2 Å². The van der Waals surface area contributed by atoms with Gasteiger partial charge in [0.1, 0.15) is 10.7 Å². The Kier molecular flexibility index (Phi) is 4.17. The molecule has 2 heterocycles. The summed E-state index contributed by atoms with van der Waals surface area (Å²) in [5.41, 5.74) is 7.69. The van der Waals surface area contributed by atoms with Crippen LogP contribution in [-0.4, -0.2) is 23.8 Å². The third-order valence-electron chi connectivity index (χ3n) is 3.28. The standard InChI is InChI=1S/C12H19N5O3S/c1-6-11(9(4)20-16-6)7(2)17-21(18,19)12-8(3)14-15-10(12)5-13/h7,17H,5,13H2,1-4H3,(H,14,15). The molecule has 0 spiro atoms. The van der Waals surface area contributed by atoms with Crippen LogP contribution >= 0.6 is 0 Å². The average Bonchev–Trinajstić information content (AvgIpc) is 2.92. The summed E-state index contributed by atoms with van der Waals surface area (Å²) in [7, 11) is -3.74. The number of nitrogens with one attached hydrogen (secondary N) is 2. The summed E-state index contributed by atoms with van der Waals surface area (Å²) in [6, 6.07) is -0.471. The van der Waals surface area contributed by atoms with Crippen LogP contribution in [0.2, 0.25) is 0 Å². The molecule has 1 atom stereocenters. The number of nitrogens with two attached hydrogens (primary N) is 1. The Morgan fingerprint density at radius 2 is 2.05 bits per heavy atom. The Morgan fingerprint density at radius 1 is 1.38 bits per heavy atom. The van der Waals surface area contributed by atoms with Gasteiger partial charge < -0.3 is 10.3 Å². The van der Waals surface area contributed by atoms with Gasteiger partial charge in [-0.15, -0.1) is 0 Å². The minimum Gasteiger partial charge on any atom is -0.361 e. The molecule has 2 aromatic heterocycles. The molecule has 0 saturated carbocycles. The van der Waals surface area contributed by atoms with Crippen molar-refractivity contribution in [1.29, 1.82) is 0 Å². The molecular weight excluding hydrogens is 294 g/mol. The van der Waals surface area contributed by atoms with E-state index in [9.17, 15) is 8.42 Å². The molecule has 4 N–H and O–H groups in total. The summed E-state index contributed by atoms with van der Waals surface area (Å²) in [5.74, 6) is 0.589. The second kappa shape index (κ2) is 5.58. The van der Waals surface area contributed by atoms with Crippen molar-refractivity contribution in [2.24, 2.45) is 5.73 Å². The predicted molar refractivity (Wildman–Crippen MR) is 75.9 cm³/mol. The first-order valence-corrected chi connectivity index (χ1v) is 7.95. The van der Waals surface area contributed by atoms with E-state index in [2.05, 4.69) is 20.1 Å². The van der Waals surface area contributed by atoms with Crippen LogP contribution < -0.4 is 10.5 Å². The molecule has 0 bridgehead atoms. The number of hydrogen-bond acceptors (Lipinski definition) is 6. The van der Waals surface area contributed by atoms with E-state index in [1.54, 1.807) is 27.7 Å². The van der Waals surface area contributed by atoms with Crippen molar-refractivity contribution < 1.29 is 12.9 Å². The quantitative estimate of drug-likeness (QED) is 0.750. The van der Waals surface area contributed by atoms with Crippen LogP contribution in [0.1, 0.15) is 41.4 Å². The maximum absolute atomic E-state index is 12.5. The minimum absolute atomic E-state index is 0.0420. The first-order chi connectivity index (χ1) is 9.77. The van der Waals surface area contributed by atoms with Crippen LogP contribution in [0.15, 0.2) is 9.42 Å². The summed E-state index contributed by atoms with van der Waals surface area (Å²) in [5, 5.41) is 10.4. The summed E-state index contributed by atoms with van der Waals surface area (Å²) >= 11 is 0. The SMILES string of the molecule is Cc1noc(C)c1C(C)NS(=O)(=O)c1c(CN)n[nH]c1C. The van der Waals surface area contributed by atoms with Crippen LogP contribution in [-0.2, 0) is 16.6 Å². The van der Waals surface area contributed by atoms with E-state index in [0.29, 0.717) is 22.8 Å². The number of sulfonamides is 1. The van der Waals surface area contributed by atoms with Crippen molar-refractivity contribution in [2.45, 2.75) is 45.2 Å². The molecule has 9 heteroatoms. The van der Waals surface area contributed by atoms with E-state index in [4.69, 9.17) is 10.3 Å². The van der Waals surface area contributed by atoms with Crippen LogP contribution in [0, 0.1) is 20.8 Å². The second-order valence-electron chi connectivity index (χ2n) is 4.91. The number of rotatable bonds is 5. The largest absolute Gasteiger partial charge is 0.361 e. The Balaban J connectivity index is 2.36. The lowest BCUT2D eigenvalue weighted by atomic mass is 10.1. The molecule has 0 radical (unpaired) electrons. The third kappa shape index (κ3) is 2.85. The summed E-state index contributed by atoms with van der Waals surface area (Å²) in [6.07, 6.45) is 0. The number of nitrogens with zero attached hydrogens (tertiary/aromatic N) is 2. The van der Waals surface area contributed by atoms with Gasteiger partial charge >= 0.3 is 0 Å².